The average Bonchev–Trinajstić information content (AvgIpc) is 3.10. The van der Waals surface area contributed by atoms with Gasteiger partial charge in [-0.2, -0.15) is 0 Å². The van der Waals surface area contributed by atoms with Gasteiger partial charge in [-0.25, -0.2) is 0 Å². The molecule has 2 heteroatoms. The Bertz CT molecular complexity index is 458. The average molecular weight is 333 g/mol. The maximum atomic E-state index is 12.4. The number of allylic oxidation sites excluding steroid dienone is 4. The van der Waals surface area contributed by atoms with E-state index in [1.54, 1.807) is 6.08 Å². The Morgan fingerprint density at radius 1 is 0.917 bits per heavy atom. The zero-order chi connectivity index (χ0) is 18.1. The highest BCUT2D eigenvalue weighted by Gasteiger charge is 2.50. The molecule has 0 heterocycles. The van der Waals surface area contributed by atoms with Crippen LogP contribution in [0.15, 0.2) is 24.3 Å². The van der Waals surface area contributed by atoms with Gasteiger partial charge >= 0.3 is 0 Å². The van der Waals surface area contributed by atoms with Crippen LogP contribution in [-0.2, 0) is 9.59 Å². The zero-order valence-electron chi connectivity index (χ0n) is 16.2. The minimum atomic E-state index is -0.0999. The SMILES string of the molecule is CCCCCC1(CCCCC)C(=O)C=CC1(C)C.O=C1C=CCC1. The molecule has 0 saturated heterocycles. The molecule has 136 valence electrons. The normalized spacial score (nSPS) is 20.3. The summed E-state index contributed by atoms with van der Waals surface area (Å²) < 4.78 is 0. The molecule has 0 N–H and O–H groups in total. The van der Waals surface area contributed by atoms with E-state index in [4.69, 9.17) is 0 Å². The van der Waals surface area contributed by atoms with Crippen LogP contribution in [0.2, 0.25) is 0 Å². The van der Waals surface area contributed by atoms with Crippen LogP contribution in [0, 0.1) is 10.8 Å². The van der Waals surface area contributed by atoms with Gasteiger partial charge in [0.25, 0.3) is 0 Å². The van der Waals surface area contributed by atoms with Crippen molar-refractivity contribution in [1.29, 1.82) is 0 Å². The molecule has 0 aromatic heterocycles. The van der Waals surface area contributed by atoms with Gasteiger partial charge in [-0.1, -0.05) is 78.4 Å². The number of carbonyl (C=O) groups is 2. The molecule has 0 spiro atoms. The third-order valence-corrected chi connectivity index (χ3v) is 5.63. The fraction of sp³-hybridized carbons (Fsp3) is 0.727. The summed E-state index contributed by atoms with van der Waals surface area (Å²) in [4.78, 5) is 22.6. The van der Waals surface area contributed by atoms with Crippen molar-refractivity contribution in [2.24, 2.45) is 10.8 Å². The summed E-state index contributed by atoms with van der Waals surface area (Å²) in [5.41, 5.74) is -0.0527. The number of carbonyl (C=O) groups excluding carboxylic acids is 2. The third-order valence-electron chi connectivity index (χ3n) is 5.63. The molecule has 0 amide bonds. The fourth-order valence-electron chi connectivity index (χ4n) is 3.81. The van der Waals surface area contributed by atoms with Gasteiger partial charge in [-0.3, -0.25) is 9.59 Å². The topological polar surface area (TPSA) is 34.1 Å². The van der Waals surface area contributed by atoms with E-state index in [1.807, 2.05) is 12.2 Å². The second-order valence-electron chi connectivity index (χ2n) is 7.82. The maximum Gasteiger partial charge on any atom is 0.162 e. The van der Waals surface area contributed by atoms with Crippen LogP contribution in [0.25, 0.3) is 0 Å². The first-order chi connectivity index (χ1) is 11.4. The van der Waals surface area contributed by atoms with Crippen molar-refractivity contribution in [1.82, 2.24) is 0 Å². The van der Waals surface area contributed by atoms with Crippen molar-refractivity contribution < 1.29 is 9.59 Å². The molecule has 0 unspecified atom stereocenters. The van der Waals surface area contributed by atoms with E-state index in [0.717, 1.165) is 25.7 Å². The number of unbranched alkanes of at least 4 members (excludes halogenated alkanes) is 4. The van der Waals surface area contributed by atoms with E-state index in [-0.39, 0.29) is 16.6 Å². The highest BCUT2D eigenvalue weighted by molar-refractivity contribution is 5.98. The molecule has 0 bridgehead atoms. The van der Waals surface area contributed by atoms with Crippen molar-refractivity contribution in [2.45, 2.75) is 91.9 Å². The molecule has 2 aliphatic rings. The van der Waals surface area contributed by atoms with E-state index in [9.17, 15) is 9.59 Å². The highest BCUT2D eigenvalue weighted by atomic mass is 16.1. The van der Waals surface area contributed by atoms with E-state index in [2.05, 4.69) is 33.8 Å². The minimum Gasteiger partial charge on any atom is -0.295 e. The molecule has 0 fully saturated rings. The van der Waals surface area contributed by atoms with Gasteiger partial charge in [-0.05, 0) is 36.8 Å². The minimum absolute atomic E-state index is 0.0472. The number of hydrogen-bond donors (Lipinski definition) is 0. The highest BCUT2D eigenvalue weighted by Crippen LogP contribution is 2.52. The van der Waals surface area contributed by atoms with E-state index in [1.165, 1.54) is 38.5 Å². The molecular formula is C22H36O2. The van der Waals surface area contributed by atoms with Crippen LogP contribution in [0.5, 0.6) is 0 Å². The lowest BCUT2D eigenvalue weighted by Gasteiger charge is -2.40. The first-order valence-electron chi connectivity index (χ1n) is 9.82. The monoisotopic (exact) mass is 332 g/mol. The van der Waals surface area contributed by atoms with Gasteiger partial charge in [0, 0.05) is 11.8 Å². The summed E-state index contributed by atoms with van der Waals surface area (Å²) in [6.07, 6.45) is 18.7. The quantitative estimate of drug-likeness (QED) is 0.496. The zero-order valence-corrected chi connectivity index (χ0v) is 16.2. The van der Waals surface area contributed by atoms with Gasteiger partial charge in [0.15, 0.2) is 11.6 Å². The van der Waals surface area contributed by atoms with Gasteiger partial charge in [0.05, 0.1) is 0 Å². The second-order valence-corrected chi connectivity index (χ2v) is 7.82. The van der Waals surface area contributed by atoms with Crippen molar-refractivity contribution in [3.63, 3.8) is 0 Å². The fourth-order valence-corrected chi connectivity index (χ4v) is 3.81. The molecule has 2 rings (SSSR count). The number of hydrogen-bond acceptors (Lipinski definition) is 2. The standard InChI is InChI=1S/C17H30O.C5H6O/c1-5-7-9-12-17(13-10-8-6-2)15(18)11-14-16(17,3)4;6-5-3-1-2-4-5/h11,14H,5-10,12-13H2,1-4H3;1,3H,2,4H2. The molecule has 0 saturated carbocycles. The summed E-state index contributed by atoms with van der Waals surface area (Å²) >= 11 is 0. The Hall–Kier alpha value is -1.18. The van der Waals surface area contributed by atoms with Crippen molar-refractivity contribution in [2.75, 3.05) is 0 Å². The predicted octanol–water partition coefficient (Wildman–Crippen LogP) is 6.20. The van der Waals surface area contributed by atoms with Gasteiger partial charge in [0.2, 0.25) is 0 Å². The van der Waals surface area contributed by atoms with E-state index < -0.39 is 0 Å². The van der Waals surface area contributed by atoms with Crippen LogP contribution >= 0.6 is 0 Å². The lowest BCUT2D eigenvalue weighted by Crippen LogP contribution is -2.39. The third kappa shape index (κ3) is 5.43. The Balaban J connectivity index is 0.000000400. The van der Waals surface area contributed by atoms with E-state index in [0.29, 0.717) is 5.78 Å². The van der Waals surface area contributed by atoms with Crippen LogP contribution in [-0.4, -0.2) is 11.6 Å². The summed E-state index contributed by atoms with van der Waals surface area (Å²) in [5.74, 6) is 0.662. The molecule has 0 aromatic rings. The van der Waals surface area contributed by atoms with Gasteiger partial charge in [-0.15, -0.1) is 0 Å². The second kappa shape index (κ2) is 9.96. The lowest BCUT2D eigenvalue weighted by molar-refractivity contribution is -0.128. The number of ketones is 2. The molecule has 0 aliphatic heterocycles. The summed E-state index contributed by atoms with van der Waals surface area (Å²) in [7, 11) is 0. The van der Waals surface area contributed by atoms with Crippen LogP contribution in [0.3, 0.4) is 0 Å². The smallest absolute Gasteiger partial charge is 0.162 e. The molecule has 0 radical (unpaired) electrons. The van der Waals surface area contributed by atoms with Crippen molar-refractivity contribution in [3.05, 3.63) is 24.3 Å². The molecule has 24 heavy (non-hydrogen) atoms. The Kier molecular flexibility index (Phi) is 8.66. The van der Waals surface area contributed by atoms with Crippen molar-refractivity contribution in [3.8, 4) is 0 Å². The summed E-state index contributed by atoms with van der Waals surface area (Å²) in [6.45, 7) is 8.94. The Labute approximate surface area is 148 Å². The first kappa shape index (κ1) is 20.9. The molecule has 2 aliphatic carbocycles. The van der Waals surface area contributed by atoms with Crippen LogP contribution < -0.4 is 0 Å². The summed E-state index contributed by atoms with van der Waals surface area (Å²) in [5, 5.41) is 0. The van der Waals surface area contributed by atoms with E-state index >= 15 is 0 Å². The van der Waals surface area contributed by atoms with Crippen LogP contribution in [0.4, 0.5) is 0 Å². The Morgan fingerprint density at radius 2 is 1.50 bits per heavy atom. The van der Waals surface area contributed by atoms with Crippen LogP contribution in [0.1, 0.15) is 91.9 Å². The van der Waals surface area contributed by atoms with Gasteiger partial charge < -0.3 is 0 Å². The van der Waals surface area contributed by atoms with Gasteiger partial charge in [0.1, 0.15) is 0 Å². The first-order valence-corrected chi connectivity index (χ1v) is 9.82. The predicted molar refractivity (Wildman–Crippen MR) is 102 cm³/mol. The number of rotatable bonds is 8. The lowest BCUT2D eigenvalue weighted by atomic mass is 9.62. The van der Waals surface area contributed by atoms with Crippen molar-refractivity contribution >= 4 is 11.6 Å². The molecule has 2 nitrogen and oxygen atoms in total. The summed E-state index contributed by atoms with van der Waals surface area (Å²) in [6, 6.07) is 0. The molecule has 0 aromatic carbocycles. The largest absolute Gasteiger partial charge is 0.295 e. The Morgan fingerprint density at radius 3 is 1.79 bits per heavy atom. The molecular weight excluding hydrogens is 296 g/mol. The molecule has 0 atom stereocenters. The maximum absolute atomic E-state index is 12.4.